The highest BCUT2D eigenvalue weighted by molar-refractivity contribution is 5.81. The summed E-state index contributed by atoms with van der Waals surface area (Å²) in [4.78, 5) is 11.2. The number of hydrogen-bond donors (Lipinski definition) is 1. The van der Waals surface area contributed by atoms with Crippen LogP contribution in [0.5, 0.6) is 5.75 Å². The van der Waals surface area contributed by atoms with Gasteiger partial charge < -0.3 is 14.9 Å². The van der Waals surface area contributed by atoms with Gasteiger partial charge >= 0.3 is 5.63 Å². The van der Waals surface area contributed by atoms with Crippen molar-refractivity contribution in [1.82, 2.24) is 0 Å². The summed E-state index contributed by atoms with van der Waals surface area (Å²) in [7, 11) is 1.56. The van der Waals surface area contributed by atoms with E-state index in [-0.39, 0.29) is 0 Å². The number of hydrogen-bond acceptors (Lipinski definition) is 4. The fourth-order valence-corrected chi connectivity index (χ4v) is 1.51. The average molecular weight is 205 g/mol. The molecule has 0 aliphatic rings. The zero-order chi connectivity index (χ0) is 10.8. The lowest BCUT2D eigenvalue weighted by molar-refractivity contribution is 0.414. The minimum atomic E-state index is -0.392. The zero-order valence-corrected chi connectivity index (χ0v) is 8.32. The van der Waals surface area contributed by atoms with Gasteiger partial charge in [0.15, 0.2) is 0 Å². The summed E-state index contributed by atoms with van der Waals surface area (Å²) < 4.78 is 10.1. The van der Waals surface area contributed by atoms with Gasteiger partial charge in [-0.3, -0.25) is 0 Å². The SMILES string of the molecule is COc1ccc2c(CN)cc(=O)oc2c1. The standard InChI is InChI=1S/C11H11NO3/c1-14-8-2-3-9-7(6-12)4-11(13)15-10(9)5-8/h2-5H,6,12H2,1H3. The molecule has 0 saturated heterocycles. The second-order valence-electron chi connectivity index (χ2n) is 3.16. The van der Waals surface area contributed by atoms with E-state index in [0.717, 1.165) is 10.9 Å². The summed E-state index contributed by atoms with van der Waals surface area (Å²) in [6.07, 6.45) is 0. The van der Waals surface area contributed by atoms with Crippen LogP contribution in [0.15, 0.2) is 33.5 Å². The fourth-order valence-electron chi connectivity index (χ4n) is 1.51. The highest BCUT2D eigenvalue weighted by atomic mass is 16.5. The van der Waals surface area contributed by atoms with Gasteiger partial charge in [-0.05, 0) is 17.7 Å². The van der Waals surface area contributed by atoms with Gasteiger partial charge in [0.05, 0.1) is 7.11 Å². The van der Waals surface area contributed by atoms with Crippen LogP contribution in [0.2, 0.25) is 0 Å². The van der Waals surface area contributed by atoms with Crippen LogP contribution in [0, 0.1) is 0 Å². The minimum absolute atomic E-state index is 0.314. The van der Waals surface area contributed by atoms with Crippen molar-refractivity contribution in [1.29, 1.82) is 0 Å². The van der Waals surface area contributed by atoms with Gasteiger partial charge in [-0.2, -0.15) is 0 Å². The molecular weight excluding hydrogens is 194 g/mol. The number of fused-ring (bicyclic) bond motifs is 1. The Bertz CT molecular complexity index is 545. The molecule has 0 saturated carbocycles. The molecule has 15 heavy (non-hydrogen) atoms. The van der Waals surface area contributed by atoms with Crippen LogP contribution in [0.25, 0.3) is 11.0 Å². The summed E-state index contributed by atoms with van der Waals surface area (Å²) in [6, 6.07) is 6.73. The van der Waals surface area contributed by atoms with Gasteiger partial charge in [-0.1, -0.05) is 0 Å². The average Bonchev–Trinajstić information content (AvgIpc) is 2.26. The maximum Gasteiger partial charge on any atom is 0.336 e. The molecule has 0 aliphatic carbocycles. The summed E-state index contributed by atoms with van der Waals surface area (Å²) in [6.45, 7) is 0.314. The van der Waals surface area contributed by atoms with E-state index >= 15 is 0 Å². The molecule has 2 aromatic rings. The summed E-state index contributed by atoms with van der Waals surface area (Å²) in [5.41, 5.74) is 6.43. The molecule has 4 heteroatoms. The monoisotopic (exact) mass is 205 g/mol. The third-order valence-electron chi connectivity index (χ3n) is 2.26. The van der Waals surface area contributed by atoms with Gasteiger partial charge in [0.25, 0.3) is 0 Å². The van der Waals surface area contributed by atoms with Crippen LogP contribution < -0.4 is 16.1 Å². The lowest BCUT2D eigenvalue weighted by Crippen LogP contribution is -2.04. The lowest BCUT2D eigenvalue weighted by atomic mass is 10.1. The van der Waals surface area contributed by atoms with Crippen molar-refractivity contribution in [2.24, 2.45) is 5.73 Å². The predicted molar refractivity (Wildman–Crippen MR) is 56.9 cm³/mol. The minimum Gasteiger partial charge on any atom is -0.497 e. The molecular formula is C11H11NO3. The first kappa shape index (κ1) is 9.73. The quantitative estimate of drug-likeness (QED) is 0.749. The van der Waals surface area contributed by atoms with Crippen molar-refractivity contribution >= 4 is 11.0 Å². The van der Waals surface area contributed by atoms with Crippen molar-refractivity contribution in [2.75, 3.05) is 7.11 Å². The molecule has 0 bridgehead atoms. The number of nitrogens with two attached hydrogens (primary N) is 1. The zero-order valence-electron chi connectivity index (χ0n) is 8.32. The van der Waals surface area contributed by atoms with Crippen LogP contribution in [0.1, 0.15) is 5.56 Å². The Balaban J connectivity index is 2.78. The Morgan fingerprint density at radius 2 is 2.20 bits per heavy atom. The van der Waals surface area contributed by atoms with E-state index in [4.69, 9.17) is 14.9 Å². The Morgan fingerprint density at radius 3 is 2.87 bits per heavy atom. The van der Waals surface area contributed by atoms with Crippen LogP contribution in [-0.4, -0.2) is 7.11 Å². The fraction of sp³-hybridized carbons (Fsp3) is 0.182. The lowest BCUT2D eigenvalue weighted by Gasteiger charge is -2.04. The molecule has 0 atom stereocenters. The van der Waals surface area contributed by atoms with Crippen molar-refractivity contribution in [3.63, 3.8) is 0 Å². The van der Waals surface area contributed by atoms with E-state index < -0.39 is 5.63 Å². The van der Waals surface area contributed by atoms with E-state index in [1.165, 1.54) is 6.07 Å². The topological polar surface area (TPSA) is 65.5 Å². The second kappa shape index (κ2) is 3.74. The normalized spacial score (nSPS) is 10.5. The molecule has 1 aromatic carbocycles. The summed E-state index contributed by atoms with van der Waals surface area (Å²) in [5, 5.41) is 0.845. The largest absolute Gasteiger partial charge is 0.497 e. The van der Waals surface area contributed by atoms with E-state index in [2.05, 4.69) is 0 Å². The Kier molecular flexibility index (Phi) is 2.43. The molecule has 1 aromatic heterocycles. The first-order chi connectivity index (χ1) is 7.24. The van der Waals surface area contributed by atoms with Gasteiger partial charge in [0, 0.05) is 24.1 Å². The van der Waals surface area contributed by atoms with Crippen molar-refractivity contribution < 1.29 is 9.15 Å². The molecule has 1 heterocycles. The molecule has 2 rings (SSSR count). The number of rotatable bonds is 2. The molecule has 0 radical (unpaired) electrons. The number of benzene rings is 1. The molecule has 4 nitrogen and oxygen atoms in total. The number of methoxy groups -OCH3 is 1. The maximum absolute atomic E-state index is 11.2. The smallest absolute Gasteiger partial charge is 0.336 e. The molecule has 0 spiro atoms. The summed E-state index contributed by atoms with van der Waals surface area (Å²) in [5.74, 6) is 0.653. The van der Waals surface area contributed by atoms with E-state index in [1.807, 2.05) is 12.1 Å². The molecule has 0 fully saturated rings. The van der Waals surface area contributed by atoms with Gasteiger partial charge in [0.1, 0.15) is 11.3 Å². The van der Waals surface area contributed by atoms with E-state index in [0.29, 0.717) is 17.9 Å². The van der Waals surface area contributed by atoms with Gasteiger partial charge in [-0.15, -0.1) is 0 Å². The third kappa shape index (κ3) is 1.71. The third-order valence-corrected chi connectivity index (χ3v) is 2.26. The van der Waals surface area contributed by atoms with Crippen LogP contribution >= 0.6 is 0 Å². The molecule has 0 amide bonds. The molecule has 78 valence electrons. The highest BCUT2D eigenvalue weighted by Crippen LogP contribution is 2.21. The number of ether oxygens (including phenoxy) is 1. The molecule has 2 N–H and O–H groups in total. The second-order valence-corrected chi connectivity index (χ2v) is 3.16. The van der Waals surface area contributed by atoms with Gasteiger partial charge in [0.2, 0.25) is 0 Å². The Morgan fingerprint density at radius 1 is 1.40 bits per heavy atom. The van der Waals surface area contributed by atoms with Crippen molar-refractivity contribution in [2.45, 2.75) is 6.54 Å². The van der Waals surface area contributed by atoms with E-state index in [1.54, 1.807) is 13.2 Å². The van der Waals surface area contributed by atoms with Crippen LogP contribution in [0.4, 0.5) is 0 Å². The van der Waals surface area contributed by atoms with E-state index in [9.17, 15) is 4.79 Å². The van der Waals surface area contributed by atoms with Crippen molar-refractivity contribution in [3.8, 4) is 5.75 Å². The first-order valence-electron chi connectivity index (χ1n) is 4.55. The highest BCUT2D eigenvalue weighted by Gasteiger charge is 2.04. The van der Waals surface area contributed by atoms with Gasteiger partial charge in [-0.25, -0.2) is 4.79 Å². The molecule has 0 unspecified atom stereocenters. The summed E-state index contributed by atoms with van der Waals surface area (Å²) >= 11 is 0. The maximum atomic E-state index is 11.2. The van der Waals surface area contributed by atoms with Crippen LogP contribution in [0.3, 0.4) is 0 Å². The predicted octanol–water partition coefficient (Wildman–Crippen LogP) is 1.26. The van der Waals surface area contributed by atoms with Crippen molar-refractivity contribution in [3.05, 3.63) is 40.2 Å². The molecule has 0 aliphatic heterocycles. The Labute approximate surface area is 86.3 Å². The van der Waals surface area contributed by atoms with Crippen LogP contribution in [-0.2, 0) is 6.54 Å². The first-order valence-corrected chi connectivity index (χ1v) is 4.55. The Hall–Kier alpha value is -1.81.